The number of benzene rings is 1. The standard InChI is InChI=1S/C19H28N4O3/c1-2-21-19(23-9-5-6-14(12-23)10-18(20)24)22-11-15-13-25-16-7-3-4-8-17(16)26-15/h3-4,7-8,14-15H,2,5-6,9-13H2,1H3,(H2,20,24)(H,21,22). The van der Waals surface area contributed by atoms with Gasteiger partial charge in [-0.2, -0.15) is 0 Å². The number of hydrogen-bond donors (Lipinski definition) is 2. The number of nitrogens with zero attached hydrogens (tertiary/aromatic N) is 2. The Morgan fingerprint density at radius 1 is 1.38 bits per heavy atom. The van der Waals surface area contributed by atoms with E-state index in [4.69, 9.17) is 20.2 Å². The number of rotatable bonds is 5. The minimum atomic E-state index is -0.231. The number of hydrogen-bond acceptors (Lipinski definition) is 4. The van der Waals surface area contributed by atoms with Crippen LogP contribution in [-0.2, 0) is 4.79 Å². The summed E-state index contributed by atoms with van der Waals surface area (Å²) < 4.78 is 11.7. The number of piperidine rings is 1. The number of aliphatic imine (C=N–C) groups is 1. The van der Waals surface area contributed by atoms with Gasteiger partial charge < -0.3 is 25.4 Å². The van der Waals surface area contributed by atoms with Crippen LogP contribution in [0.5, 0.6) is 11.5 Å². The number of amides is 1. The van der Waals surface area contributed by atoms with E-state index in [1.54, 1.807) is 0 Å². The lowest BCUT2D eigenvalue weighted by Gasteiger charge is -2.35. The predicted octanol–water partition coefficient (Wildman–Crippen LogP) is 1.38. The van der Waals surface area contributed by atoms with Crippen LogP contribution < -0.4 is 20.5 Å². The van der Waals surface area contributed by atoms with Crippen molar-refractivity contribution in [3.63, 3.8) is 0 Å². The smallest absolute Gasteiger partial charge is 0.217 e. The SMILES string of the molecule is CCNC(=NCC1COc2ccccc2O1)N1CCCC(CC(N)=O)C1. The minimum absolute atomic E-state index is 0.107. The van der Waals surface area contributed by atoms with Crippen LogP contribution >= 0.6 is 0 Å². The molecule has 1 aromatic rings. The van der Waals surface area contributed by atoms with Crippen molar-refractivity contribution >= 4 is 11.9 Å². The molecule has 1 aromatic carbocycles. The Bertz CT molecular complexity index is 649. The van der Waals surface area contributed by atoms with Crippen LogP contribution in [0.4, 0.5) is 0 Å². The number of carbonyl (C=O) groups is 1. The van der Waals surface area contributed by atoms with Crippen LogP contribution in [0.1, 0.15) is 26.2 Å². The number of guanidine groups is 1. The lowest BCUT2D eigenvalue weighted by molar-refractivity contribution is -0.119. The molecule has 1 saturated heterocycles. The maximum atomic E-state index is 11.2. The molecule has 7 nitrogen and oxygen atoms in total. The summed E-state index contributed by atoms with van der Waals surface area (Å²) >= 11 is 0. The number of carbonyl (C=O) groups excluding carboxylic acids is 1. The predicted molar refractivity (Wildman–Crippen MR) is 100 cm³/mol. The molecule has 0 radical (unpaired) electrons. The Labute approximate surface area is 154 Å². The first kappa shape index (κ1) is 18.4. The second-order valence-electron chi connectivity index (χ2n) is 6.82. The van der Waals surface area contributed by atoms with Crippen LogP contribution in [-0.4, -0.2) is 55.7 Å². The first-order chi connectivity index (χ1) is 12.7. The zero-order chi connectivity index (χ0) is 18.4. The van der Waals surface area contributed by atoms with Crippen molar-refractivity contribution in [3.05, 3.63) is 24.3 Å². The van der Waals surface area contributed by atoms with Crippen molar-refractivity contribution in [1.82, 2.24) is 10.2 Å². The number of fused-ring (bicyclic) bond motifs is 1. The van der Waals surface area contributed by atoms with E-state index in [0.717, 1.165) is 49.9 Å². The van der Waals surface area contributed by atoms with Gasteiger partial charge in [-0.3, -0.25) is 4.79 Å². The maximum Gasteiger partial charge on any atom is 0.217 e. The van der Waals surface area contributed by atoms with E-state index in [1.807, 2.05) is 24.3 Å². The Kier molecular flexibility index (Phi) is 6.20. The Hall–Kier alpha value is -2.44. The van der Waals surface area contributed by atoms with Crippen molar-refractivity contribution in [2.24, 2.45) is 16.6 Å². The highest BCUT2D eigenvalue weighted by Crippen LogP contribution is 2.30. The fourth-order valence-electron chi connectivity index (χ4n) is 3.48. The average molecular weight is 360 g/mol. The first-order valence-corrected chi connectivity index (χ1v) is 9.35. The number of likely N-dealkylation sites (tertiary alicyclic amines) is 1. The molecule has 0 aliphatic carbocycles. The van der Waals surface area contributed by atoms with Gasteiger partial charge >= 0.3 is 0 Å². The van der Waals surface area contributed by atoms with E-state index in [1.165, 1.54) is 0 Å². The molecule has 2 aliphatic heterocycles. The number of para-hydroxylation sites is 2. The lowest BCUT2D eigenvalue weighted by Crippen LogP contribution is -2.47. The van der Waals surface area contributed by atoms with E-state index in [0.29, 0.717) is 25.5 Å². The van der Waals surface area contributed by atoms with Gasteiger partial charge in [0, 0.05) is 26.1 Å². The molecule has 0 spiro atoms. The average Bonchev–Trinajstić information content (AvgIpc) is 2.64. The van der Waals surface area contributed by atoms with Crippen molar-refractivity contribution in [2.45, 2.75) is 32.3 Å². The van der Waals surface area contributed by atoms with Crippen LogP contribution in [0.3, 0.4) is 0 Å². The lowest BCUT2D eigenvalue weighted by atomic mass is 9.95. The summed E-state index contributed by atoms with van der Waals surface area (Å²) in [4.78, 5) is 18.2. The number of ether oxygens (including phenoxy) is 2. The highest BCUT2D eigenvalue weighted by atomic mass is 16.6. The van der Waals surface area contributed by atoms with Crippen LogP contribution in [0, 0.1) is 5.92 Å². The molecule has 0 aromatic heterocycles. The van der Waals surface area contributed by atoms with Crippen LogP contribution in [0.15, 0.2) is 29.3 Å². The highest BCUT2D eigenvalue weighted by Gasteiger charge is 2.25. The number of nitrogens with two attached hydrogens (primary N) is 1. The molecule has 7 heteroatoms. The zero-order valence-electron chi connectivity index (χ0n) is 15.3. The third-order valence-corrected chi connectivity index (χ3v) is 4.66. The summed E-state index contributed by atoms with van der Waals surface area (Å²) in [6, 6.07) is 7.69. The molecular formula is C19H28N4O3. The molecule has 2 unspecified atom stereocenters. The van der Waals surface area contributed by atoms with Gasteiger partial charge in [-0.1, -0.05) is 12.1 Å². The summed E-state index contributed by atoms with van der Waals surface area (Å²) in [7, 11) is 0. The van der Waals surface area contributed by atoms with Gasteiger partial charge in [-0.15, -0.1) is 0 Å². The second kappa shape index (κ2) is 8.78. The number of nitrogens with one attached hydrogen (secondary N) is 1. The van der Waals surface area contributed by atoms with Gasteiger partial charge in [0.1, 0.15) is 6.61 Å². The molecule has 2 heterocycles. The summed E-state index contributed by atoms with van der Waals surface area (Å²) in [6.07, 6.45) is 2.41. The van der Waals surface area contributed by atoms with E-state index in [-0.39, 0.29) is 12.0 Å². The van der Waals surface area contributed by atoms with Gasteiger partial charge in [-0.25, -0.2) is 4.99 Å². The normalized spacial score (nSPS) is 22.8. The van der Waals surface area contributed by atoms with E-state index < -0.39 is 0 Å². The largest absolute Gasteiger partial charge is 0.486 e. The molecule has 1 amide bonds. The van der Waals surface area contributed by atoms with Gasteiger partial charge in [0.25, 0.3) is 0 Å². The first-order valence-electron chi connectivity index (χ1n) is 9.35. The third kappa shape index (κ3) is 4.80. The Balaban J connectivity index is 1.61. The van der Waals surface area contributed by atoms with Crippen LogP contribution in [0.25, 0.3) is 0 Å². The molecule has 3 N–H and O–H groups in total. The van der Waals surface area contributed by atoms with Gasteiger partial charge in [0.15, 0.2) is 23.6 Å². The van der Waals surface area contributed by atoms with Crippen molar-refractivity contribution in [1.29, 1.82) is 0 Å². The minimum Gasteiger partial charge on any atom is -0.486 e. The molecule has 2 aliphatic rings. The molecule has 0 bridgehead atoms. The van der Waals surface area contributed by atoms with E-state index in [9.17, 15) is 4.79 Å². The molecule has 3 rings (SSSR count). The topological polar surface area (TPSA) is 89.2 Å². The highest BCUT2D eigenvalue weighted by molar-refractivity contribution is 5.80. The Morgan fingerprint density at radius 2 is 2.19 bits per heavy atom. The van der Waals surface area contributed by atoms with Crippen LogP contribution in [0.2, 0.25) is 0 Å². The van der Waals surface area contributed by atoms with Gasteiger partial charge in [0.2, 0.25) is 5.91 Å². The fourth-order valence-corrected chi connectivity index (χ4v) is 3.48. The van der Waals surface area contributed by atoms with Gasteiger partial charge in [-0.05, 0) is 37.8 Å². The molecule has 142 valence electrons. The third-order valence-electron chi connectivity index (χ3n) is 4.66. The molecule has 26 heavy (non-hydrogen) atoms. The summed E-state index contributed by atoms with van der Waals surface area (Å²) in [6.45, 7) is 5.60. The Morgan fingerprint density at radius 3 is 2.96 bits per heavy atom. The zero-order valence-corrected chi connectivity index (χ0v) is 15.3. The summed E-state index contributed by atoms with van der Waals surface area (Å²) in [5, 5.41) is 3.35. The molecule has 2 atom stereocenters. The van der Waals surface area contributed by atoms with Gasteiger partial charge in [0.05, 0.1) is 6.54 Å². The van der Waals surface area contributed by atoms with Crippen molar-refractivity contribution in [3.8, 4) is 11.5 Å². The quantitative estimate of drug-likeness (QED) is 0.612. The molecular weight excluding hydrogens is 332 g/mol. The monoisotopic (exact) mass is 360 g/mol. The fraction of sp³-hybridized carbons (Fsp3) is 0.579. The summed E-state index contributed by atoms with van der Waals surface area (Å²) in [5.41, 5.74) is 5.36. The molecule has 1 fully saturated rings. The van der Waals surface area contributed by atoms with E-state index in [2.05, 4.69) is 17.1 Å². The summed E-state index contributed by atoms with van der Waals surface area (Å²) in [5.74, 6) is 2.48. The molecule has 0 saturated carbocycles. The van der Waals surface area contributed by atoms with E-state index >= 15 is 0 Å². The maximum absolute atomic E-state index is 11.2. The van der Waals surface area contributed by atoms with Crippen molar-refractivity contribution < 1.29 is 14.3 Å². The van der Waals surface area contributed by atoms with Crippen molar-refractivity contribution in [2.75, 3.05) is 32.8 Å². The number of primary amides is 1. The second-order valence-corrected chi connectivity index (χ2v) is 6.82.